The number of hydrogen-bond acceptors (Lipinski definition) is 4. The monoisotopic (exact) mass is 277 g/mol. The van der Waals surface area contributed by atoms with Crippen molar-refractivity contribution < 1.29 is 4.74 Å². The van der Waals surface area contributed by atoms with Crippen LogP contribution < -0.4 is 10.1 Å². The van der Waals surface area contributed by atoms with Gasteiger partial charge in [-0.15, -0.1) is 0 Å². The fourth-order valence-corrected chi connectivity index (χ4v) is 2.77. The van der Waals surface area contributed by atoms with Gasteiger partial charge in [-0.1, -0.05) is 12.1 Å². The topological polar surface area (TPSA) is 27.7 Å². The molecule has 0 aromatic heterocycles. The Hall–Kier alpha value is -1.10. The van der Waals surface area contributed by atoms with Crippen LogP contribution in [0.2, 0.25) is 0 Å². The second-order valence-corrected chi connectivity index (χ2v) is 5.71. The van der Waals surface area contributed by atoms with Crippen molar-refractivity contribution in [3.05, 3.63) is 29.8 Å². The Balaban J connectivity index is 2.01. The molecule has 1 heterocycles. The maximum atomic E-state index is 5.32. The summed E-state index contributed by atoms with van der Waals surface area (Å²) in [6.45, 7) is 6.77. The Labute approximate surface area is 122 Å². The van der Waals surface area contributed by atoms with Crippen LogP contribution in [0.1, 0.15) is 18.5 Å². The van der Waals surface area contributed by atoms with E-state index >= 15 is 0 Å². The zero-order valence-corrected chi connectivity index (χ0v) is 13.1. The van der Waals surface area contributed by atoms with Gasteiger partial charge in [0.05, 0.1) is 7.11 Å². The summed E-state index contributed by atoms with van der Waals surface area (Å²) >= 11 is 0. The van der Waals surface area contributed by atoms with Crippen molar-refractivity contribution in [3.8, 4) is 5.75 Å². The zero-order valence-electron chi connectivity index (χ0n) is 13.1. The molecule has 2 unspecified atom stereocenters. The van der Waals surface area contributed by atoms with Crippen molar-refractivity contribution in [3.63, 3.8) is 0 Å². The molecule has 1 aromatic rings. The molecule has 0 aliphatic carbocycles. The van der Waals surface area contributed by atoms with Crippen LogP contribution in [0.5, 0.6) is 5.75 Å². The van der Waals surface area contributed by atoms with Crippen molar-refractivity contribution in [1.82, 2.24) is 15.1 Å². The van der Waals surface area contributed by atoms with Crippen LogP contribution in [-0.4, -0.2) is 63.2 Å². The van der Waals surface area contributed by atoms with E-state index in [4.69, 9.17) is 4.74 Å². The number of benzene rings is 1. The molecule has 4 nitrogen and oxygen atoms in total. The van der Waals surface area contributed by atoms with Gasteiger partial charge in [-0.3, -0.25) is 4.90 Å². The molecule has 1 aliphatic rings. The van der Waals surface area contributed by atoms with E-state index in [1.165, 1.54) is 5.56 Å². The molecule has 0 radical (unpaired) electrons. The minimum absolute atomic E-state index is 0.348. The number of likely N-dealkylation sites (N-methyl/N-ethyl adjacent to an activating group) is 2. The lowest BCUT2D eigenvalue weighted by Crippen LogP contribution is -2.51. The molecule has 1 fully saturated rings. The van der Waals surface area contributed by atoms with E-state index < -0.39 is 0 Å². The summed E-state index contributed by atoms with van der Waals surface area (Å²) in [4.78, 5) is 4.97. The third-order valence-corrected chi connectivity index (χ3v) is 4.33. The molecule has 2 rings (SSSR count). The molecule has 2 atom stereocenters. The summed E-state index contributed by atoms with van der Waals surface area (Å²) < 4.78 is 5.32. The highest BCUT2D eigenvalue weighted by Gasteiger charge is 2.23. The van der Waals surface area contributed by atoms with Gasteiger partial charge in [-0.05, 0) is 38.7 Å². The minimum Gasteiger partial charge on any atom is -0.497 e. The Morgan fingerprint density at radius 2 is 2.20 bits per heavy atom. The number of nitrogens with zero attached hydrogens (tertiary/aromatic N) is 2. The number of hydrogen-bond donors (Lipinski definition) is 1. The molecule has 0 amide bonds. The van der Waals surface area contributed by atoms with Gasteiger partial charge in [0, 0.05) is 38.3 Å². The van der Waals surface area contributed by atoms with Crippen LogP contribution in [0.3, 0.4) is 0 Å². The first kappa shape index (κ1) is 15.3. The number of rotatable bonds is 5. The van der Waals surface area contributed by atoms with E-state index in [0.717, 1.165) is 31.9 Å². The van der Waals surface area contributed by atoms with Crippen molar-refractivity contribution in [2.45, 2.75) is 19.0 Å². The van der Waals surface area contributed by atoms with Gasteiger partial charge in [0.2, 0.25) is 0 Å². The predicted molar refractivity (Wildman–Crippen MR) is 83.3 cm³/mol. The summed E-state index contributed by atoms with van der Waals surface area (Å²) in [5, 5.41) is 3.43. The van der Waals surface area contributed by atoms with Crippen LogP contribution in [-0.2, 0) is 0 Å². The Morgan fingerprint density at radius 1 is 1.40 bits per heavy atom. The third-order valence-electron chi connectivity index (χ3n) is 4.33. The molecule has 0 spiro atoms. The summed E-state index contributed by atoms with van der Waals surface area (Å²) in [5.41, 5.74) is 1.29. The maximum Gasteiger partial charge on any atom is 0.119 e. The van der Waals surface area contributed by atoms with Crippen molar-refractivity contribution in [1.29, 1.82) is 0 Å². The van der Waals surface area contributed by atoms with Crippen LogP contribution in [0, 0.1) is 0 Å². The summed E-state index contributed by atoms with van der Waals surface area (Å²) in [7, 11) is 5.96. The summed E-state index contributed by atoms with van der Waals surface area (Å²) in [5.74, 6) is 0.925. The Morgan fingerprint density at radius 3 is 2.85 bits per heavy atom. The van der Waals surface area contributed by atoms with E-state index in [0.29, 0.717) is 12.1 Å². The maximum absolute atomic E-state index is 5.32. The van der Waals surface area contributed by atoms with Gasteiger partial charge < -0.3 is 15.0 Å². The van der Waals surface area contributed by atoms with E-state index in [1.54, 1.807) is 7.11 Å². The van der Waals surface area contributed by atoms with Gasteiger partial charge in [-0.2, -0.15) is 0 Å². The second kappa shape index (κ2) is 7.07. The molecule has 0 bridgehead atoms. The van der Waals surface area contributed by atoms with E-state index in [-0.39, 0.29) is 0 Å². The van der Waals surface area contributed by atoms with E-state index in [1.807, 2.05) is 13.1 Å². The molecule has 20 heavy (non-hydrogen) atoms. The van der Waals surface area contributed by atoms with Crippen molar-refractivity contribution >= 4 is 0 Å². The fraction of sp³-hybridized carbons (Fsp3) is 0.625. The lowest BCUT2D eigenvalue weighted by atomic mass is 10.1. The van der Waals surface area contributed by atoms with Gasteiger partial charge >= 0.3 is 0 Å². The van der Waals surface area contributed by atoms with Gasteiger partial charge in [0.15, 0.2) is 0 Å². The van der Waals surface area contributed by atoms with Crippen molar-refractivity contribution in [2.75, 3.05) is 47.4 Å². The number of ether oxygens (including phenoxy) is 1. The average molecular weight is 277 g/mol. The number of nitrogens with one attached hydrogen (secondary N) is 1. The van der Waals surface area contributed by atoms with Crippen LogP contribution in [0.4, 0.5) is 0 Å². The minimum atomic E-state index is 0.348. The van der Waals surface area contributed by atoms with Gasteiger partial charge in [0.25, 0.3) is 0 Å². The van der Waals surface area contributed by atoms with E-state index in [9.17, 15) is 0 Å². The zero-order chi connectivity index (χ0) is 14.5. The summed E-state index contributed by atoms with van der Waals surface area (Å²) in [6, 6.07) is 9.33. The molecule has 1 aromatic carbocycles. The normalized spacial score (nSPS) is 22.7. The largest absolute Gasteiger partial charge is 0.497 e. The quantitative estimate of drug-likeness (QED) is 0.884. The molecule has 1 aliphatic heterocycles. The average Bonchev–Trinajstić information content (AvgIpc) is 2.48. The van der Waals surface area contributed by atoms with Gasteiger partial charge in [0.1, 0.15) is 5.75 Å². The molecule has 1 saturated heterocycles. The highest BCUT2D eigenvalue weighted by molar-refractivity contribution is 5.30. The smallest absolute Gasteiger partial charge is 0.119 e. The Kier molecular flexibility index (Phi) is 5.40. The molecule has 112 valence electrons. The first-order valence-corrected chi connectivity index (χ1v) is 7.38. The van der Waals surface area contributed by atoms with Crippen LogP contribution in [0.25, 0.3) is 0 Å². The standard InChI is InChI=1S/C16H27N3O/c1-13-11-19(9-8-18(13)3)12-16(17-2)14-6-5-7-15(10-14)20-4/h5-7,10,13,16-17H,8-9,11-12H2,1-4H3. The first-order valence-electron chi connectivity index (χ1n) is 7.38. The molecule has 0 saturated carbocycles. The molecule has 1 N–H and O–H groups in total. The predicted octanol–water partition coefficient (Wildman–Crippen LogP) is 1.59. The van der Waals surface area contributed by atoms with Crippen LogP contribution in [0.15, 0.2) is 24.3 Å². The first-order chi connectivity index (χ1) is 9.63. The number of methoxy groups -OCH3 is 1. The highest BCUT2D eigenvalue weighted by Crippen LogP contribution is 2.20. The van der Waals surface area contributed by atoms with Crippen molar-refractivity contribution in [2.24, 2.45) is 0 Å². The fourth-order valence-electron chi connectivity index (χ4n) is 2.77. The lowest BCUT2D eigenvalue weighted by Gasteiger charge is -2.39. The SMILES string of the molecule is CNC(CN1CCN(C)C(C)C1)c1cccc(OC)c1. The van der Waals surface area contributed by atoms with E-state index in [2.05, 4.69) is 47.3 Å². The Bertz CT molecular complexity index is 424. The van der Waals surface area contributed by atoms with Gasteiger partial charge in [-0.25, -0.2) is 0 Å². The number of piperazine rings is 1. The lowest BCUT2D eigenvalue weighted by molar-refractivity contribution is 0.0977. The molecular formula is C16H27N3O. The summed E-state index contributed by atoms with van der Waals surface area (Å²) in [6.07, 6.45) is 0. The third kappa shape index (κ3) is 3.72. The second-order valence-electron chi connectivity index (χ2n) is 5.71. The molecule has 4 heteroatoms. The molecular weight excluding hydrogens is 250 g/mol. The van der Waals surface area contributed by atoms with Crippen LogP contribution >= 0.6 is 0 Å². The highest BCUT2D eigenvalue weighted by atomic mass is 16.5.